The Bertz CT molecular complexity index is 327. The molecule has 0 radical (unpaired) electrons. The summed E-state index contributed by atoms with van der Waals surface area (Å²) in [5, 5.41) is 8.68. The molecule has 1 aromatic rings. The fourth-order valence-electron chi connectivity index (χ4n) is 1.47. The summed E-state index contributed by atoms with van der Waals surface area (Å²) < 4.78 is 10.4. The average Bonchev–Trinajstić information content (AvgIpc) is 2.64. The van der Waals surface area contributed by atoms with E-state index in [4.69, 9.17) is 14.7 Å². The highest BCUT2D eigenvalue weighted by molar-refractivity contribution is 5.44. The van der Waals surface area contributed by atoms with Crippen molar-refractivity contribution in [3.63, 3.8) is 0 Å². The predicted octanol–water partition coefficient (Wildman–Crippen LogP) is 1.33. The van der Waals surface area contributed by atoms with Crippen LogP contribution in [0.15, 0.2) is 18.2 Å². The first-order valence-corrected chi connectivity index (χ1v) is 4.58. The number of hydrogen-bond donors (Lipinski definition) is 2. The number of rotatable bonds is 3. The summed E-state index contributed by atoms with van der Waals surface area (Å²) in [7, 11) is 0. The van der Waals surface area contributed by atoms with Gasteiger partial charge in [0.15, 0.2) is 11.5 Å². The number of hydrogen-bond acceptors (Lipinski definition) is 4. The highest BCUT2D eigenvalue weighted by atomic mass is 16.7. The van der Waals surface area contributed by atoms with Crippen molar-refractivity contribution in [1.82, 2.24) is 5.48 Å². The third-order valence-electron chi connectivity index (χ3n) is 2.20. The average molecular weight is 195 g/mol. The molecule has 2 N–H and O–H groups in total. The topological polar surface area (TPSA) is 50.7 Å². The summed E-state index contributed by atoms with van der Waals surface area (Å²) in [4.78, 5) is 0. The quantitative estimate of drug-likeness (QED) is 0.714. The Morgan fingerprint density at radius 3 is 3.00 bits per heavy atom. The number of fused-ring (bicyclic) bond motifs is 1. The molecule has 0 unspecified atom stereocenters. The summed E-state index contributed by atoms with van der Waals surface area (Å²) in [6.45, 7) is 2.21. The van der Waals surface area contributed by atoms with Gasteiger partial charge in [0.1, 0.15) is 0 Å². The zero-order valence-corrected chi connectivity index (χ0v) is 7.99. The maximum absolute atomic E-state index is 8.68. The normalized spacial score (nSPS) is 15.6. The van der Waals surface area contributed by atoms with Gasteiger partial charge in [-0.05, 0) is 31.0 Å². The first-order valence-electron chi connectivity index (χ1n) is 4.58. The van der Waals surface area contributed by atoms with Crippen molar-refractivity contribution in [3.8, 4) is 11.5 Å². The van der Waals surface area contributed by atoms with E-state index < -0.39 is 0 Å². The first-order chi connectivity index (χ1) is 6.79. The second-order valence-electron chi connectivity index (χ2n) is 3.42. The molecular formula is C10H13NO3. The maximum atomic E-state index is 8.68. The zero-order valence-electron chi connectivity index (χ0n) is 7.99. The Hall–Kier alpha value is -1.26. The summed E-state index contributed by atoms with van der Waals surface area (Å²) in [5.41, 5.74) is 3.32. The fourth-order valence-corrected chi connectivity index (χ4v) is 1.47. The van der Waals surface area contributed by atoms with Crippen LogP contribution in [0.4, 0.5) is 0 Å². The summed E-state index contributed by atoms with van der Waals surface area (Å²) in [5.74, 6) is 1.58. The molecule has 1 heterocycles. The molecule has 1 atom stereocenters. The van der Waals surface area contributed by atoms with Crippen molar-refractivity contribution in [1.29, 1.82) is 0 Å². The van der Waals surface area contributed by atoms with Gasteiger partial charge in [-0.2, -0.15) is 0 Å². The lowest BCUT2D eigenvalue weighted by molar-refractivity contribution is 0.133. The van der Waals surface area contributed by atoms with Crippen LogP contribution in [0.25, 0.3) is 0 Å². The van der Waals surface area contributed by atoms with Crippen LogP contribution in [0.2, 0.25) is 0 Å². The fraction of sp³-hybridized carbons (Fsp3) is 0.400. The smallest absolute Gasteiger partial charge is 0.231 e. The largest absolute Gasteiger partial charge is 0.454 e. The van der Waals surface area contributed by atoms with Gasteiger partial charge in [-0.1, -0.05) is 6.07 Å². The Kier molecular flexibility index (Phi) is 2.56. The van der Waals surface area contributed by atoms with Gasteiger partial charge in [-0.25, -0.2) is 5.48 Å². The van der Waals surface area contributed by atoms with E-state index in [-0.39, 0.29) is 6.04 Å². The number of nitrogens with one attached hydrogen (secondary N) is 1. The molecule has 0 saturated carbocycles. The third kappa shape index (κ3) is 1.81. The molecule has 1 aliphatic heterocycles. The van der Waals surface area contributed by atoms with Gasteiger partial charge < -0.3 is 14.7 Å². The van der Waals surface area contributed by atoms with Crippen molar-refractivity contribution < 1.29 is 14.7 Å². The van der Waals surface area contributed by atoms with E-state index in [2.05, 4.69) is 5.48 Å². The molecule has 0 saturated heterocycles. The monoisotopic (exact) mass is 195 g/mol. The first kappa shape index (κ1) is 9.30. The Morgan fingerprint density at radius 1 is 1.43 bits per heavy atom. The van der Waals surface area contributed by atoms with Gasteiger partial charge in [0.05, 0.1) is 0 Å². The second kappa shape index (κ2) is 3.86. The van der Waals surface area contributed by atoms with Crippen molar-refractivity contribution in [2.45, 2.75) is 19.4 Å². The molecule has 0 aromatic heterocycles. The molecule has 1 aromatic carbocycles. The van der Waals surface area contributed by atoms with Crippen LogP contribution in [0, 0.1) is 0 Å². The lowest BCUT2D eigenvalue weighted by atomic mass is 10.1. The van der Waals surface area contributed by atoms with E-state index in [9.17, 15) is 0 Å². The van der Waals surface area contributed by atoms with Crippen molar-refractivity contribution >= 4 is 0 Å². The molecule has 2 rings (SSSR count). The second-order valence-corrected chi connectivity index (χ2v) is 3.42. The van der Waals surface area contributed by atoms with Gasteiger partial charge in [-0.3, -0.25) is 0 Å². The summed E-state index contributed by atoms with van der Waals surface area (Å²) in [6, 6.07) is 5.84. The third-order valence-corrected chi connectivity index (χ3v) is 2.20. The van der Waals surface area contributed by atoms with Crippen LogP contribution in [0.1, 0.15) is 12.5 Å². The van der Waals surface area contributed by atoms with E-state index in [1.807, 2.05) is 25.1 Å². The predicted molar refractivity (Wildman–Crippen MR) is 50.7 cm³/mol. The van der Waals surface area contributed by atoms with Crippen LogP contribution < -0.4 is 15.0 Å². The lowest BCUT2D eigenvalue weighted by Crippen LogP contribution is -2.24. The number of ether oxygens (including phenoxy) is 2. The molecule has 4 heteroatoms. The molecule has 0 bridgehead atoms. The highest BCUT2D eigenvalue weighted by Gasteiger charge is 2.13. The van der Waals surface area contributed by atoms with Gasteiger partial charge in [-0.15, -0.1) is 0 Å². The molecule has 1 aliphatic rings. The van der Waals surface area contributed by atoms with Crippen LogP contribution in [-0.2, 0) is 6.42 Å². The van der Waals surface area contributed by atoms with E-state index in [1.165, 1.54) is 0 Å². The van der Waals surface area contributed by atoms with Crippen molar-refractivity contribution in [2.24, 2.45) is 0 Å². The Labute approximate surface area is 82.4 Å². The van der Waals surface area contributed by atoms with Gasteiger partial charge in [0.2, 0.25) is 6.79 Å². The Balaban J connectivity index is 2.12. The number of hydroxylamine groups is 1. The standard InChI is InChI=1S/C10H13NO3/c1-7(11-12)4-8-2-3-9-10(5-8)14-6-13-9/h2-3,5,7,11-12H,4,6H2,1H3/t7-/m1/s1. The highest BCUT2D eigenvalue weighted by Crippen LogP contribution is 2.32. The van der Waals surface area contributed by atoms with E-state index in [1.54, 1.807) is 0 Å². The SMILES string of the molecule is C[C@H](Cc1ccc2c(c1)OCO2)NO. The minimum absolute atomic E-state index is 0.0374. The lowest BCUT2D eigenvalue weighted by Gasteiger charge is -2.08. The van der Waals surface area contributed by atoms with Crippen molar-refractivity contribution in [3.05, 3.63) is 23.8 Å². The maximum Gasteiger partial charge on any atom is 0.231 e. The van der Waals surface area contributed by atoms with Crippen LogP contribution in [-0.4, -0.2) is 18.0 Å². The van der Waals surface area contributed by atoms with E-state index in [0.717, 1.165) is 23.5 Å². The molecule has 0 fully saturated rings. The number of benzene rings is 1. The van der Waals surface area contributed by atoms with E-state index >= 15 is 0 Å². The van der Waals surface area contributed by atoms with Crippen LogP contribution in [0.3, 0.4) is 0 Å². The van der Waals surface area contributed by atoms with Crippen LogP contribution in [0.5, 0.6) is 11.5 Å². The van der Waals surface area contributed by atoms with Crippen LogP contribution >= 0.6 is 0 Å². The van der Waals surface area contributed by atoms with Gasteiger partial charge >= 0.3 is 0 Å². The minimum Gasteiger partial charge on any atom is -0.454 e. The molecule has 0 spiro atoms. The molecule has 0 amide bonds. The Morgan fingerprint density at radius 2 is 2.21 bits per heavy atom. The minimum atomic E-state index is 0.0374. The van der Waals surface area contributed by atoms with Crippen molar-refractivity contribution in [2.75, 3.05) is 6.79 Å². The van der Waals surface area contributed by atoms with E-state index in [0.29, 0.717) is 6.79 Å². The molecular weight excluding hydrogens is 182 g/mol. The molecule has 76 valence electrons. The molecule has 14 heavy (non-hydrogen) atoms. The molecule has 0 aliphatic carbocycles. The molecule has 4 nitrogen and oxygen atoms in total. The summed E-state index contributed by atoms with van der Waals surface area (Å²) >= 11 is 0. The van der Waals surface area contributed by atoms with Gasteiger partial charge in [0.25, 0.3) is 0 Å². The summed E-state index contributed by atoms with van der Waals surface area (Å²) in [6.07, 6.45) is 0.757. The zero-order chi connectivity index (χ0) is 9.97. The van der Waals surface area contributed by atoms with Gasteiger partial charge in [0, 0.05) is 6.04 Å².